The number of nitrogens with one attached hydrogen (secondary N) is 1. The number of hydrogen-bond donors (Lipinski definition) is 1. The minimum absolute atomic E-state index is 0.0251. The Balaban J connectivity index is 2.10. The van der Waals surface area contributed by atoms with E-state index >= 15 is 0 Å². The molecule has 0 fully saturated rings. The molecule has 114 valence electrons. The third kappa shape index (κ3) is 3.73. The maximum absolute atomic E-state index is 12.1. The third-order valence-corrected chi connectivity index (χ3v) is 3.25. The average molecular weight is 321 g/mol. The van der Waals surface area contributed by atoms with Gasteiger partial charge in [-0.25, -0.2) is 0 Å². The van der Waals surface area contributed by atoms with Gasteiger partial charge in [-0.15, -0.1) is 0 Å². The number of hydrogen-bond acceptors (Lipinski definition) is 4. The summed E-state index contributed by atoms with van der Waals surface area (Å²) in [5, 5.41) is 13.8. The Labute approximate surface area is 131 Å². The molecule has 0 aliphatic carbocycles. The molecule has 6 nitrogen and oxygen atoms in total. The molecule has 0 bridgehead atoms. The van der Waals surface area contributed by atoms with Crippen LogP contribution in [0.1, 0.15) is 15.9 Å². The maximum Gasteiger partial charge on any atom is 0.283 e. The molecule has 0 aliphatic rings. The van der Waals surface area contributed by atoms with Gasteiger partial charge in [-0.3, -0.25) is 14.9 Å². The maximum atomic E-state index is 12.1. The predicted molar refractivity (Wildman–Crippen MR) is 82.3 cm³/mol. The van der Waals surface area contributed by atoms with Gasteiger partial charge in [-0.05, 0) is 29.8 Å². The summed E-state index contributed by atoms with van der Waals surface area (Å²) in [6.07, 6.45) is 0. The second kappa shape index (κ2) is 6.91. The summed E-state index contributed by atoms with van der Waals surface area (Å²) in [4.78, 5) is 22.4. The van der Waals surface area contributed by atoms with E-state index in [1.165, 1.54) is 12.1 Å². The Morgan fingerprint density at radius 3 is 2.55 bits per heavy atom. The van der Waals surface area contributed by atoms with Crippen LogP contribution in [0.5, 0.6) is 5.75 Å². The zero-order valence-electron chi connectivity index (χ0n) is 11.7. The van der Waals surface area contributed by atoms with E-state index < -0.39 is 10.8 Å². The number of carbonyl (C=O) groups excluding carboxylic acids is 1. The smallest absolute Gasteiger partial charge is 0.283 e. The minimum Gasteiger partial charge on any atom is -0.497 e. The van der Waals surface area contributed by atoms with Crippen molar-refractivity contribution in [3.05, 3.63) is 68.7 Å². The number of rotatable bonds is 5. The van der Waals surface area contributed by atoms with Crippen LogP contribution in [0, 0.1) is 10.1 Å². The molecule has 0 saturated carbocycles. The first-order valence-electron chi connectivity index (χ1n) is 6.36. The van der Waals surface area contributed by atoms with Crippen LogP contribution in [0.2, 0.25) is 5.02 Å². The van der Waals surface area contributed by atoms with Crippen LogP contribution >= 0.6 is 11.6 Å². The van der Waals surface area contributed by atoms with Crippen LogP contribution in [0.4, 0.5) is 5.69 Å². The number of nitro groups is 1. The monoisotopic (exact) mass is 320 g/mol. The van der Waals surface area contributed by atoms with Gasteiger partial charge in [0.1, 0.15) is 11.3 Å². The van der Waals surface area contributed by atoms with Crippen LogP contribution in [0.3, 0.4) is 0 Å². The van der Waals surface area contributed by atoms with Gasteiger partial charge in [0.15, 0.2) is 0 Å². The zero-order chi connectivity index (χ0) is 16.1. The molecular weight excluding hydrogens is 308 g/mol. The fourth-order valence-electron chi connectivity index (χ4n) is 1.87. The van der Waals surface area contributed by atoms with Gasteiger partial charge < -0.3 is 10.1 Å². The van der Waals surface area contributed by atoms with Gasteiger partial charge >= 0.3 is 0 Å². The molecule has 0 radical (unpaired) electrons. The van der Waals surface area contributed by atoms with Crippen molar-refractivity contribution in [2.75, 3.05) is 7.11 Å². The molecule has 0 heterocycles. The molecule has 1 N–H and O–H groups in total. The van der Waals surface area contributed by atoms with E-state index in [9.17, 15) is 14.9 Å². The van der Waals surface area contributed by atoms with Crippen molar-refractivity contribution < 1.29 is 14.5 Å². The fourth-order valence-corrected chi connectivity index (χ4v) is 2.04. The molecule has 0 atom stereocenters. The lowest BCUT2D eigenvalue weighted by Gasteiger charge is -2.07. The Morgan fingerprint density at radius 2 is 1.95 bits per heavy atom. The number of nitro benzene ring substituents is 1. The first-order valence-corrected chi connectivity index (χ1v) is 6.74. The highest BCUT2D eigenvalue weighted by molar-refractivity contribution is 6.31. The van der Waals surface area contributed by atoms with Crippen molar-refractivity contribution >= 4 is 23.2 Å². The third-order valence-electron chi connectivity index (χ3n) is 3.01. The Hall–Kier alpha value is -2.60. The Bertz CT molecular complexity index is 701. The lowest BCUT2D eigenvalue weighted by Crippen LogP contribution is -2.23. The van der Waals surface area contributed by atoms with Gasteiger partial charge in [0.05, 0.1) is 12.0 Å². The van der Waals surface area contributed by atoms with Gasteiger partial charge in [0.25, 0.3) is 11.6 Å². The lowest BCUT2D eigenvalue weighted by molar-refractivity contribution is -0.385. The second-order valence-electron chi connectivity index (χ2n) is 4.45. The van der Waals surface area contributed by atoms with E-state index in [1.54, 1.807) is 31.4 Å². The highest BCUT2D eigenvalue weighted by Crippen LogP contribution is 2.23. The summed E-state index contributed by atoms with van der Waals surface area (Å²) in [5.74, 6) is 0.183. The van der Waals surface area contributed by atoms with E-state index in [4.69, 9.17) is 16.3 Å². The average Bonchev–Trinajstić information content (AvgIpc) is 2.53. The number of amides is 1. The van der Waals surface area contributed by atoms with E-state index in [1.807, 2.05) is 0 Å². The fraction of sp³-hybridized carbons (Fsp3) is 0.133. The molecule has 2 aromatic rings. The molecule has 2 rings (SSSR count). The molecule has 7 heteroatoms. The molecule has 0 aromatic heterocycles. The van der Waals surface area contributed by atoms with Crippen LogP contribution in [-0.4, -0.2) is 17.9 Å². The molecular formula is C15H13ClN2O4. The van der Waals surface area contributed by atoms with Gasteiger partial charge in [-0.2, -0.15) is 0 Å². The minimum atomic E-state index is -0.631. The molecule has 0 saturated heterocycles. The van der Waals surface area contributed by atoms with Crippen molar-refractivity contribution in [1.82, 2.24) is 5.32 Å². The number of carbonyl (C=O) groups is 1. The second-order valence-corrected chi connectivity index (χ2v) is 4.89. The zero-order valence-corrected chi connectivity index (χ0v) is 12.5. The van der Waals surface area contributed by atoms with Crippen molar-refractivity contribution in [2.45, 2.75) is 6.54 Å². The van der Waals surface area contributed by atoms with Gasteiger partial charge in [0.2, 0.25) is 0 Å². The highest BCUT2D eigenvalue weighted by atomic mass is 35.5. The summed E-state index contributed by atoms with van der Waals surface area (Å²) in [6, 6.07) is 11.1. The van der Waals surface area contributed by atoms with Crippen molar-refractivity contribution in [3.8, 4) is 5.75 Å². The molecule has 0 spiro atoms. The summed E-state index contributed by atoms with van der Waals surface area (Å²) in [6.45, 7) is 0.253. The van der Waals surface area contributed by atoms with E-state index in [-0.39, 0.29) is 22.8 Å². The number of nitrogens with zero attached hydrogens (tertiary/aromatic N) is 1. The summed E-state index contributed by atoms with van der Waals surface area (Å²) >= 11 is 5.72. The van der Waals surface area contributed by atoms with E-state index in [0.29, 0.717) is 5.75 Å². The SMILES string of the molecule is COc1ccc(CNC(=O)c2ccc(Cl)cc2[N+](=O)[O-])cc1. The lowest BCUT2D eigenvalue weighted by atomic mass is 10.1. The molecule has 1 amide bonds. The first kappa shape index (κ1) is 15.8. The number of benzene rings is 2. The first-order chi connectivity index (χ1) is 10.5. The molecule has 0 aliphatic heterocycles. The Morgan fingerprint density at radius 1 is 1.27 bits per heavy atom. The largest absolute Gasteiger partial charge is 0.497 e. The summed E-state index contributed by atoms with van der Waals surface area (Å²) in [5.41, 5.74) is 0.508. The predicted octanol–water partition coefficient (Wildman–Crippen LogP) is 3.19. The summed E-state index contributed by atoms with van der Waals surface area (Å²) < 4.78 is 5.04. The van der Waals surface area contributed by atoms with Crippen molar-refractivity contribution in [2.24, 2.45) is 0 Å². The van der Waals surface area contributed by atoms with E-state index in [2.05, 4.69) is 5.32 Å². The standard InChI is InChI=1S/C15H13ClN2O4/c1-22-12-5-2-10(3-6-12)9-17-15(19)13-7-4-11(16)8-14(13)18(20)21/h2-8H,9H2,1H3,(H,17,19). The molecule has 2 aromatic carbocycles. The quantitative estimate of drug-likeness (QED) is 0.677. The van der Waals surface area contributed by atoms with Crippen LogP contribution in [-0.2, 0) is 6.54 Å². The normalized spacial score (nSPS) is 10.1. The van der Waals surface area contributed by atoms with Gasteiger partial charge in [-0.1, -0.05) is 23.7 Å². The molecule has 22 heavy (non-hydrogen) atoms. The highest BCUT2D eigenvalue weighted by Gasteiger charge is 2.20. The van der Waals surface area contributed by atoms with Gasteiger partial charge in [0, 0.05) is 17.6 Å². The summed E-state index contributed by atoms with van der Waals surface area (Å²) in [7, 11) is 1.57. The van der Waals surface area contributed by atoms with Crippen molar-refractivity contribution in [3.63, 3.8) is 0 Å². The number of ether oxygens (including phenoxy) is 1. The van der Waals surface area contributed by atoms with E-state index in [0.717, 1.165) is 11.6 Å². The molecule has 0 unspecified atom stereocenters. The topological polar surface area (TPSA) is 81.5 Å². The van der Waals surface area contributed by atoms with Crippen LogP contribution in [0.15, 0.2) is 42.5 Å². The Kier molecular flexibility index (Phi) is 4.95. The van der Waals surface area contributed by atoms with Crippen molar-refractivity contribution in [1.29, 1.82) is 0 Å². The van der Waals surface area contributed by atoms with Crippen LogP contribution in [0.25, 0.3) is 0 Å². The number of halogens is 1. The van der Waals surface area contributed by atoms with Crippen LogP contribution < -0.4 is 10.1 Å². The number of methoxy groups -OCH3 is 1.